The Morgan fingerprint density at radius 2 is 1.74 bits per heavy atom. The van der Waals surface area contributed by atoms with Crippen molar-refractivity contribution in [2.45, 2.75) is 9.79 Å². The summed E-state index contributed by atoms with van der Waals surface area (Å²) in [5, 5.41) is 14.0. The maximum absolute atomic E-state index is 12.6. The van der Waals surface area contributed by atoms with Crippen molar-refractivity contribution in [3.63, 3.8) is 0 Å². The molecule has 27 heavy (non-hydrogen) atoms. The summed E-state index contributed by atoms with van der Waals surface area (Å²) in [5.74, 6) is -0.321. The number of carbonyl (C=O) groups is 1. The summed E-state index contributed by atoms with van der Waals surface area (Å²) in [4.78, 5) is 25.1. The number of ether oxygens (including phenoxy) is 1. The van der Waals surface area contributed by atoms with Crippen molar-refractivity contribution in [2.75, 3.05) is 12.4 Å². The summed E-state index contributed by atoms with van der Waals surface area (Å²) >= 11 is 1.52. The molecule has 0 aliphatic carbocycles. The molecule has 0 fully saturated rings. The second-order valence-corrected chi connectivity index (χ2v) is 6.62. The second kappa shape index (κ2) is 8.37. The number of nitrogens with zero attached hydrogens (tertiary/aromatic N) is 1. The number of nitro groups is 1. The van der Waals surface area contributed by atoms with Crippen LogP contribution in [0, 0.1) is 10.1 Å². The number of carbonyl (C=O) groups excluding carboxylic acids is 1. The van der Waals surface area contributed by atoms with Crippen LogP contribution in [0.1, 0.15) is 10.4 Å². The minimum Gasteiger partial charge on any atom is -0.490 e. The summed E-state index contributed by atoms with van der Waals surface area (Å²) in [6.45, 7) is 0. The lowest BCUT2D eigenvalue weighted by Crippen LogP contribution is -2.13. The zero-order valence-electron chi connectivity index (χ0n) is 14.4. The van der Waals surface area contributed by atoms with E-state index < -0.39 is 10.8 Å². The third kappa shape index (κ3) is 4.45. The Bertz CT molecular complexity index is 977. The van der Waals surface area contributed by atoms with Crippen LogP contribution in [-0.4, -0.2) is 17.9 Å². The van der Waals surface area contributed by atoms with E-state index in [9.17, 15) is 14.9 Å². The maximum atomic E-state index is 12.6. The van der Waals surface area contributed by atoms with Gasteiger partial charge in [0.2, 0.25) is 0 Å². The summed E-state index contributed by atoms with van der Waals surface area (Å²) in [5.41, 5.74) is 0.564. The Labute approximate surface area is 160 Å². The van der Waals surface area contributed by atoms with Crippen molar-refractivity contribution >= 4 is 29.0 Å². The fraction of sp³-hybridized carbons (Fsp3) is 0.0500. The molecule has 0 heterocycles. The van der Waals surface area contributed by atoms with Crippen LogP contribution in [-0.2, 0) is 0 Å². The van der Waals surface area contributed by atoms with Crippen LogP contribution in [0.2, 0.25) is 0 Å². The molecule has 136 valence electrons. The van der Waals surface area contributed by atoms with Gasteiger partial charge in [0.1, 0.15) is 0 Å². The van der Waals surface area contributed by atoms with E-state index in [1.54, 1.807) is 6.07 Å². The van der Waals surface area contributed by atoms with Crippen LogP contribution in [0.3, 0.4) is 0 Å². The van der Waals surface area contributed by atoms with Gasteiger partial charge in [-0.2, -0.15) is 0 Å². The molecule has 0 aliphatic heterocycles. The number of anilines is 1. The quantitative estimate of drug-likeness (QED) is 0.480. The van der Waals surface area contributed by atoms with Crippen molar-refractivity contribution < 1.29 is 14.5 Å². The summed E-state index contributed by atoms with van der Waals surface area (Å²) in [6.07, 6.45) is 0. The highest BCUT2D eigenvalue weighted by Gasteiger charge is 2.18. The summed E-state index contributed by atoms with van der Waals surface area (Å²) in [6, 6.07) is 21.3. The largest absolute Gasteiger partial charge is 0.490 e. The van der Waals surface area contributed by atoms with E-state index in [0.717, 1.165) is 9.79 Å². The maximum Gasteiger partial charge on any atom is 0.311 e. The van der Waals surface area contributed by atoms with Crippen LogP contribution in [0.15, 0.2) is 82.6 Å². The van der Waals surface area contributed by atoms with Crippen LogP contribution in [0.25, 0.3) is 0 Å². The molecular weight excluding hydrogens is 364 g/mol. The fourth-order valence-electron chi connectivity index (χ4n) is 2.44. The number of benzene rings is 3. The van der Waals surface area contributed by atoms with Crippen LogP contribution in [0.4, 0.5) is 11.4 Å². The lowest BCUT2D eigenvalue weighted by atomic mass is 10.1. The number of amides is 1. The first-order valence-corrected chi connectivity index (χ1v) is 8.86. The Morgan fingerprint density at radius 1 is 1.04 bits per heavy atom. The first kappa shape index (κ1) is 18.5. The van der Waals surface area contributed by atoms with Crippen molar-refractivity contribution in [3.05, 3.63) is 88.5 Å². The van der Waals surface area contributed by atoms with E-state index in [2.05, 4.69) is 5.32 Å². The van der Waals surface area contributed by atoms with Crippen LogP contribution >= 0.6 is 11.8 Å². The van der Waals surface area contributed by atoms with Gasteiger partial charge in [0, 0.05) is 21.4 Å². The van der Waals surface area contributed by atoms with Crippen molar-refractivity contribution in [1.29, 1.82) is 0 Å². The highest BCUT2D eigenvalue weighted by molar-refractivity contribution is 7.99. The number of rotatable bonds is 6. The van der Waals surface area contributed by atoms with E-state index in [-0.39, 0.29) is 17.0 Å². The van der Waals surface area contributed by atoms with Gasteiger partial charge in [0.15, 0.2) is 5.75 Å². The number of para-hydroxylation sites is 1. The lowest BCUT2D eigenvalue weighted by Gasteiger charge is -2.11. The zero-order chi connectivity index (χ0) is 19.2. The Kier molecular flexibility index (Phi) is 5.73. The van der Waals surface area contributed by atoms with Crippen molar-refractivity contribution in [3.8, 4) is 5.75 Å². The second-order valence-electron chi connectivity index (χ2n) is 5.51. The van der Waals surface area contributed by atoms with E-state index in [0.29, 0.717) is 5.69 Å². The molecule has 3 rings (SSSR count). The third-order valence-electron chi connectivity index (χ3n) is 3.74. The molecule has 7 heteroatoms. The fourth-order valence-corrected chi connectivity index (χ4v) is 3.37. The molecule has 0 saturated heterocycles. The van der Waals surface area contributed by atoms with Gasteiger partial charge in [0.05, 0.1) is 17.7 Å². The first-order chi connectivity index (χ1) is 13.1. The number of nitro benzene ring substituents is 1. The molecule has 1 amide bonds. The topological polar surface area (TPSA) is 81.5 Å². The molecule has 3 aromatic rings. The zero-order valence-corrected chi connectivity index (χ0v) is 15.2. The van der Waals surface area contributed by atoms with Crippen LogP contribution in [0.5, 0.6) is 5.75 Å². The standard InChI is InChI=1S/C20H16N2O4S/c1-26-18-12-11-14(13-17(18)22(24)25)20(23)21-16-9-5-6-10-19(16)27-15-7-3-2-4-8-15/h2-13H,1H3,(H,21,23). The van der Waals surface area contributed by atoms with E-state index >= 15 is 0 Å². The monoisotopic (exact) mass is 380 g/mol. The Hall–Kier alpha value is -3.32. The van der Waals surface area contributed by atoms with Crippen LogP contribution < -0.4 is 10.1 Å². The Balaban J connectivity index is 1.85. The number of nitrogens with one attached hydrogen (secondary N) is 1. The molecule has 3 aromatic carbocycles. The van der Waals surface area contributed by atoms with Gasteiger partial charge in [-0.05, 0) is 36.4 Å². The average Bonchev–Trinajstić information content (AvgIpc) is 2.69. The van der Waals surface area contributed by atoms with Crippen molar-refractivity contribution in [1.82, 2.24) is 0 Å². The molecule has 0 bridgehead atoms. The van der Waals surface area contributed by atoms with E-state index in [4.69, 9.17) is 4.74 Å². The van der Waals surface area contributed by atoms with Gasteiger partial charge in [-0.15, -0.1) is 0 Å². The van der Waals surface area contributed by atoms with Gasteiger partial charge < -0.3 is 10.1 Å². The molecule has 0 aliphatic rings. The highest BCUT2D eigenvalue weighted by Crippen LogP contribution is 2.34. The molecule has 0 spiro atoms. The SMILES string of the molecule is COc1ccc(C(=O)Nc2ccccc2Sc2ccccc2)cc1[N+](=O)[O-]. The lowest BCUT2D eigenvalue weighted by molar-refractivity contribution is -0.385. The first-order valence-electron chi connectivity index (χ1n) is 8.04. The summed E-state index contributed by atoms with van der Waals surface area (Å²) < 4.78 is 4.97. The minimum absolute atomic E-state index is 0.108. The molecule has 0 saturated carbocycles. The molecule has 0 aromatic heterocycles. The average molecular weight is 380 g/mol. The predicted molar refractivity (Wildman–Crippen MR) is 105 cm³/mol. The molecular formula is C20H16N2O4S. The molecule has 0 radical (unpaired) electrons. The molecule has 1 N–H and O–H groups in total. The Morgan fingerprint density at radius 3 is 2.44 bits per heavy atom. The third-order valence-corrected chi connectivity index (χ3v) is 4.83. The highest BCUT2D eigenvalue weighted by atomic mass is 32.2. The smallest absolute Gasteiger partial charge is 0.311 e. The van der Waals surface area contributed by atoms with E-state index in [1.807, 2.05) is 48.5 Å². The van der Waals surface area contributed by atoms with E-state index in [1.165, 1.54) is 37.1 Å². The van der Waals surface area contributed by atoms with Gasteiger partial charge >= 0.3 is 5.69 Å². The normalized spacial score (nSPS) is 10.3. The van der Waals surface area contributed by atoms with Crippen molar-refractivity contribution in [2.24, 2.45) is 0 Å². The van der Waals surface area contributed by atoms with Gasteiger partial charge in [-0.1, -0.05) is 42.1 Å². The number of hydrogen-bond acceptors (Lipinski definition) is 5. The minimum atomic E-state index is -0.575. The predicted octanol–water partition coefficient (Wildman–Crippen LogP) is 5.01. The molecule has 6 nitrogen and oxygen atoms in total. The number of methoxy groups -OCH3 is 1. The summed E-state index contributed by atoms with van der Waals surface area (Å²) in [7, 11) is 1.35. The molecule has 0 unspecified atom stereocenters. The van der Waals surface area contributed by atoms with Gasteiger partial charge in [-0.25, -0.2) is 0 Å². The number of hydrogen-bond donors (Lipinski definition) is 1. The molecule has 0 atom stereocenters. The van der Waals surface area contributed by atoms with Gasteiger partial charge in [-0.3, -0.25) is 14.9 Å². The van der Waals surface area contributed by atoms with Gasteiger partial charge in [0.25, 0.3) is 5.91 Å².